The van der Waals surface area contributed by atoms with Crippen molar-refractivity contribution in [2.24, 2.45) is 0 Å². The number of amides is 1. The SMILES string of the molecule is COC(=O)c1ccc(NC(=O)C(C)(C)c2ccc3c(c2)OCCO3)cc1. The number of fused-ring (bicyclic) bond motifs is 1. The number of ether oxygens (including phenoxy) is 3. The van der Waals surface area contributed by atoms with Gasteiger partial charge in [-0.25, -0.2) is 4.79 Å². The van der Waals surface area contributed by atoms with Crippen LogP contribution in [0, 0.1) is 0 Å². The molecule has 0 aromatic heterocycles. The van der Waals surface area contributed by atoms with E-state index in [1.807, 2.05) is 32.0 Å². The maximum Gasteiger partial charge on any atom is 0.337 e. The molecular weight excluding hydrogens is 334 g/mol. The molecule has 0 spiro atoms. The van der Waals surface area contributed by atoms with Crippen LogP contribution in [0.1, 0.15) is 29.8 Å². The van der Waals surface area contributed by atoms with Crippen LogP contribution in [0.4, 0.5) is 5.69 Å². The van der Waals surface area contributed by atoms with Crippen molar-refractivity contribution >= 4 is 17.6 Å². The third-order valence-electron chi connectivity index (χ3n) is 4.40. The quantitative estimate of drug-likeness (QED) is 0.853. The Labute approximate surface area is 152 Å². The molecule has 0 fully saturated rings. The normalized spacial score (nSPS) is 13.0. The molecule has 0 bridgehead atoms. The van der Waals surface area contributed by atoms with Crippen molar-refractivity contribution in [3.05, 3.63) is 53.6 Å². The predicted molar refractivity (Wildman–Crippen MR) is 96.9 cm³/mol. The highest BCUT2D eigenvalue weighted by atomic mass is 16.6. The van der Waals surface area contributed by atoms with Crippen molar-refractivity contribution in [1.29, 1.82) is 0 Å². The first-order chi connectivity index (χ1) is 12.4. The van der Waals surface area contributed by atoms with Crippen LogP contribution in [0.15, 0.2) is 42.5 Å². The summed E-state index contributed by atoms with van der Waals surface area (Å²) in [6, 6.07) is 12.1. The Morgan fingerprint density at radius 1 is 1.00 bits per heavy atom. The molecular formula is C20H21NO5. The maximum atomic E-state index is 12.8. The van der Waals surface area contributed by atoms with Crippen molar-refractivity contribution in [2.75, 3.05) is 25.6 Å². The number of anilines is 1. The number of nitrogens with one attached hydrogen (secondary N) is 1. The van der Waals surface area contributed by atoms with Crippen LogP contribution in [-0.2, 0) is 14.9 Å². The van der Waals surface area contributed by atoms with Gasteiger partial charge in [-0.1, -0.05) is 6.07 Å². The fourth-order valence-electron chi connectivity index (χ4n) is 2.66. The number of rotatable bonds is 4. The van der Waals surface area contributed by atoms with Gasteiger partial charge in [0.05, 0.1) is 18.1 Å². The average Bonchev–Trinajstić information content (AvgIpc) is 2.67. The highest BCUT2D eigenvalue weighted by molar-refractivity contribution is 5.99. The molecule has 1 aliphatic rings. The van der Waals surface area contributed by atoms with E-state index in [9.17, 15) is 9.59 Å². The molecule has 2 aromatic carbocycles. The van der Waals surface area contributed by atoms with Gasteiger partial charge in [-0.3, -0.25) is 4.79 Å². The van der Waals surface area contributed by atoms with Crippen molar-refractivity contribution in [2.45, 2.75) is 19.3 Å². The third-order valence-corrected chi connectivity index (χ3v) is 4.40. The Kier molecular flexibility index (Phi) is 4.84. The third kappa shape index (κ3) is 3.49. The Hall–Kier alpha value is -3.02. The van der Waals surface area contributed by atoms with E-state index in [1.54, 1.807) is 24.3 Å². The second-order valence-corrected chi connectivity index (χ2v) is 6.51. The largest absolute Gasteiger partial charge is 0.486 e. The zero-order valence-corrected chi connectivity index (χ0v) is 15.0. The molecule has 0 saturated carbocycles. The summed E-state index contributed by atoms with van der Waals surface area (Å²) in [6.07, 6.45) is 0. The highest BCUT2D eigenvalue weighted by Crippen LogP contribution is 2.35. The first-order valence-electron chi connectivity index (χ1n) is 8.32. The Balaban J connectivity index is 1.76. The summed E-state index contributed by atoms with van der Waals surface area (Å²) >= 11 is 0. The highest BCUT2D eigenvalue weighted by Gasteiger charge is 2.31. The van der Waals surface area contributed by atoms with Gasteiger partial charge in [0, 0.05) is 5.69 Å². The Morgan fingerprint density at radius 3 is 2.31 bits per heavy atom. The van der Waals surface area contributed by atoms with E-state index in [4.69, 9.17) is 9.47 Å². The number of carbonyl (C=O) groups excluding carboxylic acids is 2. The summed E-state index contributed by atoms with van der Waals surface area (Å²) in [5, 5.41) is 2.88. The Bertz CT molecular complexity index is 827. The van der Waals surface area contributed by atoms with Gasteiger partial charge in [0.1, 0.15) is 13.2 Å². The molecule has 6 nitrogen and oxygen atoms in total. The van der Waals surface area contributed by atoms with Crippen LogP contribution in [0.5, 0.6) is 11.5 Å². The lowest BCUT2D eigenvalue weighted by molar-refractivity contribution is -0.120. The van der Waals surface area contributed by atoms with Crippen molar-refractivity contribution in [3.8, 4) is 11.5 Å². The minimum atomic E-state index is -0.781. The van der Waals surface area contributed by atoms with E-state index in [0.717, 1.165) is 5.56 Å². The van der Waals surface area contributed by atoms with Gasteiger partial charge in [-0.15, -0.1) is 0 Å². The monoisotopic (exact) mass is 355 g/mol. The van der Waals surface area contributed by atoms with E-state index in [2.05, 4.69) is 10.1 Å². The summed E-state index contributed by atoms with van der Waals surface area (Å²) < 4.78 is 15.8. The second-order valence-electron chi connectivity index (χ2n) is 6.51. The van der Waals surface area contributed by atoms with Gasteiger partial charge in [0.15, 0.2) is 11.5 Å². The topological polar surface area (TPSA) is 73.9 Å². The molecule has 1 N–H and O–H groups in total. The molecule has 1 amide bonds. The first kappa shape index (κ1) is 17.8. The molecule has 0 unspecified atom stereocenters. The molecule has 0 saturated heterocycles. The zero-order valence-electron chi connectivity index (χ0n) is 15.0. The van der Waals surface area contributed by atoms with Gasteiger partial charge in [0.2, 0.25) is 5.91 Å². The summed E-state index contributed by atoms with van der Waals surface area (Å²) in [7, 11) is 1.33. The summed E-state index contributed by atoms with van der Waals surface area (Å²) in [4.78, 5) is 24.3. The summed E-state index contributed by atoms with van der Waals surface area (Å²) in [5.74, 6) is 0.756. The fraction of sp³-hybridized carbons (Fsp3) is 0.300. The predicted octanol–water partition coefficient (Wildman–Crippen LogP) is 3.16. The fourth-order valence-corrected chi connectivity index (χ4v) is 2.66. The van der Waals surface area contributed by atoms with Gasteiger partial charge >= 0.3 is 5.97 Å². The molecule has 1 aliphatic heterocycles. The van der Waals surface area contributed by atoms with E-state index in [0.29, 0.717) is 36.0 Å². The van der Waals surface area contributed by atoms with Crippen LogP contribution in [0.25, 0.3) is 0 Å². The van der Waals surface area contributed by atoms with Gasteiger partial charge in [-0.05, 0) is 55.8 Å². The summed E-state index contributed by atoms with van der Waals surface area (Å²) in [5.41, 5.74) is 1.08. The molecule has 0 atom stereocenters. The maximum absolute atomic E-state index is 12.8. The zero-order chi connectivity index (χ0) is 18.7. The van der Waals surface area contributed by atoms with E-state index < -0.39 is 11.4 Å². The lowest BCUT2D eigenvalue weighted by Crippen LogP contribution is -2.34. The number of esters is 1. The minimum absolute atomic E-state index is 0.167. The number of carbonyl (C=O) groups is 2. The van der Waals surface area contributed by atoms with E-state index in [1.165, 1.54) is 7.11 Å². The van der Waals surface area contributed by atoms with Crippen LogP contribution < -0.4 is 14.8 Å². The van der Waals surface area contributed by atoms with Crippen LogP contribution in [0.3, 0.4) is 0 Å². The molecule has 1 heterocycles. The lowest BCUT2D eigenvalue weighted by atomic mass is 9.83. The van der Waals surface area contributed by atoms with Crippen molar-refractivity contribution in [3.63, 3.8) is 0 Å². The number of hydrogen-bond donors (Lipinski definition) is 1. The van der Waals surface area contributed by atoms with Gasteiger partial charge in [-0.2, -0.15) is 0 Å². The first-order valence-corrected chi connectivity index (χ1v) is 8.32. The molecule has 136 valence electrons. The van der Waals surface area contributed by atoms with Crippen LogP contribution >= 0.6 is 0 Å². The standard InChI is InChI=1S/C20H21NO5/c1-20(2,14-6-9-16-17(12-14)26-11-10-25-16)19(23)21-15-7-4-13(5-8-15)18(22)24-3/h4-9,12H,10-11H2,1-3H3,(H,21,23). The second kappa shape index (κ2) is 7.07. The molecule has 0 radical (unpaired) electrons. The number of hydrogen-bond acceptors (Lipinski definition) is 5. The molecule has 2 aromatic rings. The minimum Gasteiger partial charge on any atom is -0.486 e. The average molecular weight is 355 g/mol. The molecule has 26 heavy (non-hydrogen) atoms. The molecule has 3 rings (SSSR count). The van der Waals surface area contributed by atoms with Gasteiger partial charge in [0.25, 0.3) is 0 Å². The van der Waals surface area contributed by atoms with Crippen molar-refractivity contribution in [1.82, 2.24) is 0 Å². The van der Waals surface area contributed by atoms with E-state index >= 15 is 0 Å². The van der Waals surface area contributed by atoms with Crippen LogP contribution in [-0.4, -0.2) is 32.2 Å². The molecule has 6 heteroatoms. The van der Waals surface area contributed by atoms with E-state index in [-0.39, 0.29) is 5.91 Å². The number of benzene rings is 2. The number of methoxy groups -OCH3 is 1. The van der Waals surface area contributed by atoms with Gasteiger partial charge < -0.3 is 19.5 Å². The van der Waals surface area contributed by atoms with Crippen LogP contribution in [0.2, 0.25) is 0 Å². The lowest BCUT2D eigenvalue weighted by Gasteiger charge is -2.26. The summed E-state index contributed by atoms with van der Waals surface area (Å²) in [6.45, 7) is 4.71. The molecule has 0 aliphatic carbocycles. The Morgan fingerprint density at radius 2 is 1.65 bits per heavy atom. The smallest absolute Gasteiger partial charge is 0.337 e. The van der Waals surface area contributed by atoms with Crippen molar-refractivity contribution < 1.29 is 23.8 Å².